The molecule has 1 aromatic heterocycles. The second-order valence-electron chi connectivity index (χ2n) is 4.26. The van der Waals surface area contributed by atoms with Crippen LogP contribution in [-0.2, 0) is 6.54 Å². The molecule has 0 spiro atoms. The Kier molecular flexibility index (Phi) is 3.59. The summed E-state index contributed by atoms with van der Waals surface area (Å²) in [6.45, 7) is 6.69. The van der Waals surface area contributed by atoms with Crippen LogP contribution in [0.1, 0.15) is 35.9 Å². The van der Waals surface area contributed by atoms with Gasteiger partial charge >= 0.3 is 0 Å². The van der Waals surface area contributed by atoms with E-state index >= 15 is 0 Å². The summed E-state index contributed by atoms with van der Waals surface area (Å²) < 4.78 is 5.53. The topological polar surface area (TPSA) is 38.1 Å². The van der Waals surface area contributed by atoms with Gasteiger partial charge in [-0.25, -0.2) is 4.98 Å². The van der Waals surface area contributed by atoms with Crippen molar-refractivity contribution in [1.29, 1.82) is 0 Å². The van der Waals surface area contributed by atoms with E-state index in [1.807, 2.05) is 32.0 Å². The second-order valence-corrected chi connectivity index (χ2v) is 4.26. The molecule has 2 rings (SSSR count). The van der Waals surface area contributed by atoms with Gasteiger partial charge in [0.05, 0.1) is 12.2 Å². The molecule has 0 aliphatic rings. The van der Waals surface area contributed by atoms with E-state index < -0.39 is 0 Å². The van der Waals surface area contributed by atoms with E-state index in [1.54, 1.807) is 0 Å². The van der Waals surface area contributed by atoms with Crippen LogP contribution in [0, 0.1) is 13.8 Å². The predicted octanol–water partition coefficient (Wildman–Crippen LogP) is 3.14. The summed E-state index contributed by atoms with van der Waals surface area (Å²) >= 11 is 0. The molecule has 0 amide bonds. The largest absolute Gasteiger partial charge is 0.444 e. The summed E-state index contributed by atoms with van der Waals surface area (Å²) in [4.78, 5) is 4.35. The molecule has 1 N–H and O–H groups in total. The Morgan fingerprint density at radius 2 is 1.94 bits per heavy atom. The Morgan fingerprint density at radius 3 is 2.53 bits per heavy atom. The number of oxazole rings is 1. The molecule has 0 radical (unpaired) electrons. The summed E-state index contributed by atoms with van der Waals surface area (Å²) in [6.07, 6.45) is 0. The highest BCUT2D eigenvalue weighted by Gasteiger charge is 2.08. The van der Waals surface area contributed by atoms with Gasteiger partial charge in [-0.05, 0) is 26.3 Å². The number of nitrogens with one attached hydrogen (secondary N) is 1. The predicted molar refractivity (Wildman–Crippen MR) is 67.7 cm³/mol. The average Bonchev–Trinajstić information content (AvgIpc) is 2.67. The number of aromatic nitrogens is 1. The van der Waals surface area contributed by atoms with E-state index in [0.717, 1.165) is 17.3 Å². The maximum absolute atomic E-state index is 5.53. The van der Waals surface area contributed by atoms with Gasteiger partial charge in [-0.15, -0.1) is 0 Å². The molecule has 0 saturated heterocycles. The van der Waals surface area contributed by atoms with E-state index in [1.165, 1.54) is 5.56 Å². The van der Waals surface area contributed by atoms with Gasteiger partial charge in [-0.1, -0.05) is 30.3 Å². The van der Waals surface area contributed by atoms with Crippen molar-refractivity contribution in [3.05, 3.63) is 53.2 Å². The molecular weight excluding hydrogens is 212 g/mol. The zero-order valence-electron chi connectivity index (χ0n) is 10.5. The minimum atomic E-state index is 0.295. The third kappa shape index (κ3) is 2.94. The van der Waals surface area contributed by atoms with E-state index in [2.05, 4.69) is 29.4 Å². The van der Waals surface area contributed by atoms with Crippen molar-refractivity contribution in [2.75, 3.05) is 0 Å². The van der Waals surface area contributed by atoms with E-state index in [-0.39, 0.29) is 0 Å². The maximum atomic E-state index is 5.53. The molecule has 0 bridgehead atoms. The summed E-state index contributed by atoms with van der Waals surface area (Å²) in [5.74, 6) is 1.65. The molecule has 0 fully saturated rings. The highest BCUT2D eigenvalue weighted by molar-refractivity contribution is 5.18. The fourth-order valence-corrected chi connectivity index (χ4v) is 1.71. The van der Waals surface area contributed by atoms with Crippen LogP contribution in [0.3, 0.4) is 0 Å². The molecule has 17 heavy (non-hydrogen) atoms. The first-order valence-electron chi connectivity index (χ1n) is 5.88. The number of hydrogen-bond donors (Lipinski definition) is 1. The van der Waals surface area contributed by atoms with Gasteiger partial charge in [0.25, 0.3) is 0 Å². The molecule has 0 aliphatic heterocycles. The number of hydrogen-bond acceptors (Lipinski definition) is 3. The van der Waals surface area contributed by atoms with Gasteiger partial charge in [0, 0.05) is 6.04 Å². The monoisotopic (exact) mass is 230 g/mol. The fourth-order valence-electron chi connectivity index (χ4n) is 1.71. The second kappa shape index (κ2) is 5.15. The lowest BCUT2D eigenvalue weighted by atomic mass is 10.1. The fraction of sp³-hybridized carbons (Fsp3) is 0.357. The Hall–Kier alpha value is -1.61. The van der Waals surface area contributed by atoms with Gasteiger partial charge in [-0.2, -0.15) is 0 Å². The van der Waals surface area contributed by atoms with E-state index in [0.29, 0.717) is 12.6 Å². The lowest BCUT2D eigenvalue weighted by Crippen LogP contribution is -2.18. The molecule has 1 unspecified atom stereocenters. The molecule has 0 saturated carbocycles. The van der Waals surface area contributed by atoms with Crippen molar-refractivity contribution >= 4 is 0 Å². The standard InChI is InChI=1S/C14H18N2O/c1-10-12(3)17-14(16-10)9-15-11(2)13-7-5-4-6-8-13/h4-8,11,15H,9H2,1-3H3. The maximum Gasteiger partial charge on any atom is 0.208 e. The minimum absolute atomic E-state index is 0.295. The molecule has 1 aromatic carbocycles. The molecule has 3 heteroatoms. The van der Waals surface area contributed by atoms with Gasteiger partial charge in [0.1, 0.15) is 5.76 Å². The molecule has 90 valence electrons. The van der Waals surface area contributed by atoms with Crippen LogP contribution in [0.5, 0.6) is 0 Å². The van der Waals surface area contributed by atoms with Crippen LogP contribution >= 0.6 is 0 Å². The van der Waals surface area contributed by atoms with Crippen molar-refractivity contribution in [1.82, 2.24) is 10.3 Å². The lowest BCUT2D eigenvalue weighted by molar-refractivity contribution is 0.432. The van der Waals surface area contributed by atoms with Gasteiger partial charge in [-0.3, -0.25) is 0 Å². The summed E-state index contributed by atoms with van der Waals surface area (Å²) in [6, 6.07) is 10.6. The van der Waals surface area contributed by atoms with Crippen LogP contribution in [0.4, 0.5) is 0 Å². The smallest absolute Gasteiger partial charge is 0.208 e. The molecule has 3 nitrogen and oxygen atoms in total. The van der Waals surface area contributed by atoms with Gasteiger partial charge < -0.3 is 9.73 Å². The quantitative estimate of drug-likeness (QED) is 0.876. The number of rotatable bonds is 4. The van der Waals surface area contributed by atoms with Crippen LogP contribution in [0.2, 0.25) is 0 Å². The van der Waals surface area contributed by atoms with Crippen molar-refractivity contribution < 1.29 is 4.42 Å². The van der Waals surface area contributed by atoms with Crippen LogP contribution in [0.25, 0.3) is 0 Å². The Bertz CT molecular complexity index is 457. The first-order valence-corrected chi connectivity index (χ1v) is 5.88. The average molecular weight is 230 g/mol. The number of aryl methyl sites for hydroxylation is 2. The molecule has 0 aliphatic carbocycles. The third-order valence-corrected chi connectivity index (χ3v) is 2.93. The van der Waals surface area contributed by atoms with Crippen molar-refractivity contribution in [3.8, 4) is 0 Å². The zero-order valence-corrected chi connectivity index (χ0v) is 10.5. The summed E-state index contributed by atoms with van der Waals surface area (Å²) in [7, 11) is 0. The van der Waals surface area contributed by atoms with Crippen molar-refractivity contribution in [2.45, 2.75) is 33.4 Å². The third-order valence-electron chi connectivity index (χ3n) is 2.93. The lowest BCUT2D eigenvalue weighted by Gasteiger charge is -2.12. The Morgan fingerprint density at radius 1 is 1.24 bits per heavy atom. The number of nitrogens with zero attached hydrogens (tertiary/aromatic N) is 1. The molecule has 1 atom stereocenters. The summed E-state index contributed by atoms with van der Waals surface area (Å²) in [5.41, 5.74) is 2.24. The molecule has 1 heterocycles. The number of benzene rings is 1. The minimum Gasteiger partial charge on any atom is -0.444 e. The van der Waals surface area contributed by atoms with Crippen LogP contribution in [-0.4, -0.2) is 4.98 Å². The zero-order chi connectivity index (χ0) is 12.3. The Labute approximate surface area is 102 Å². The summed E-state index contributed by atoms with van der Waals surface area (Å²) in [5, 5.41) is 3.40. The van der Waals surface area contributed by atoms with Gasteiger partial charge in [0.15, 0.2) is 0 Å². The van der Waals surface area contributed by atoms with Crippen molar-refractivity contribution in [2.24, 2.45) is 0 Å². The molecular formula is C14H18N2O. The van der Waals surface area contributed by atoms with E-state index in [9.17, 15) is 0 Å². The van der Waals surface area contributed by atoms with E-state index in [4.69, 9.17) is 4.42 Å². The molecule has 2 aromatic rings. The van der Waals surface area contributed by atoms with Gasteiger partial charge in [0.2, 0.25) is 5.89 Å². The highest BCUT2D eigenvalue weighted by Crippen LogP contribution is 2.13. The normalized spacial score (nSPS) is 12.6. The van der Waals surface area contributed by atoms with Crippen LogP contribution in [0.15, 0.2) is 34.7 Å². The Balaban J connectivity index is 1.94. The first-order chi connectivity index (χ1) is 8.16. The first kappa shape index (κ1) is 11.9. The SMILES string of the molecule is Cc1nc(CNC(C)c2ccccc2)oc1C. The van der Waals surface area contributed by atoms with Crippen molar-refractivity contribution in [3.63, 3.8) is 0 Å². The highest BCUT2D eigenvalue weighted by atomic mass is 16.4. The van der Waals surface area contributed by atoms with Crippen LogP contribution < -0.4 is 5.32 Å².